The van der Waals surface area contributed by atoms with Gasteiger partial charge in [0.05, 0.1) is 0 Å². The van der Waals surface area contributed by atoms with Crippen molar-refractivity contribution in [3.05, 3.63) is 227 Å². The zero-order valence-corrected chi connectivity index (χ0v) is 30.9. The lowest BCUT2D eigenvalue weighted by Crippen LogP contribution is -2.46. The lowest BCUT2D eigenvalue weighted by atomic mass is 9.76. The highest BCUT2D eigenvalue weighted by Gasteiger charge is 2.54. The largest absolute Gasteiger partial charge is 0.336 e. The molecule has 0 saturated heterocycles. The fraction of sp³-hybridized carbons (Fsp3) is 0.135. The van der Waals surface area contributed by atoms with E-state index in [-0.39, 0.29) is 0 Å². The first kappa shape index (κ1) is 33.0. The number of para-hydroxylation sites is 1. The van der Waals surface area contributed by atoms with Crippen molar-refractivity contribution >= 4 is 27.2 Å². The van der Waals surface area contributed by atoms with Crippen molar-refractivity contribution in [2.75, 3.05) is 4.90 Å². The molecule has 0 amide bonds. The van der Waals surface area contributed by atoms with E-state index in [4.69, 9.17) is 0 Å². The molecule has 8 aromatic rings. The van der Waals surface area contributed by atoms with Crippen LogP contribution in [0, 0.1) is 6.04 Å². The van der Waals surface area contributed by atoms with E-state index in [1.165, 1.54) is 83.3 Å². The second-order valence-corrected chi connectivity index (χ2v) is 15.0. The van der Waals surface area contributed by atoms with Crippen LogP contribution >= 0.6 is 0 Å². The highest BCUT2D eigenvalue weighted by molar-refractivity contribution is 6.12. The van der Waals surface area contributed by atoms with Crippen LogP contribution in [0.15, 0.2) is 182 Å². The Morgan fingerprint density at radius 3 is 1.45 bits per heavy atom. The van der Waals surface area contributed by atoms with Crippen LogP contribution in [-0.2, 0) is 5.54 Å². The zero-order chi connectivity index (χ0) is 36.1. The van der Waals surface area contributed by atoms with Gasteiger partial charge in [-0.15, -0.1) is 0 Å². The molecule has 1 aliphatic heterocycles. The quantitative estimate of drug-likeness (QED) is 0.151. The average Bonchev–Trinajstić information content (AvgIpc) is 3.52. The van der Waals surface area contributed by atoms with Gasteiger partial charge in [-0.3, -0.25) is 0 Å². The summed E-state index contributed by atoms with van der Waals surface area (Å²) >= 11 is 0. The summed E-state index contributed by atoms with van der Waals surface area (Å²) in [6, 6.07) is 69.0. The Labute approximate surface area is 314 Å². The molecule has 1 heteroatoms. The topological polar surface area (TPSA) is 3.24 Å². The summed E-state index contributed by atoms with van der Waals surface area (Å²) in [6.07, 6.45) is 0. The highest BCUT2D eigenvalue weighted by Crippen LogP contribution is 2.59. The Morgan fingerprint density at radius 1 is 0.434 bits per heavy atom. The number of rotatable bonds is 7. The molecule has 1 heterocycles. The number of hydrogen-bond acceptors (Lipinski definition) is 1. The Hall–Kier alpha value is -5.92. The Kier molecular flexibility index (Phi) is 8.24. The van der Waals surface area contributed by atoms with Crippen molar-refractivity contribution < 1.29 is 0 Å². The van der Waals surface area contributed by atoms with Gasteiger partial charge in [0.2, 0.25) is 0 Å². The van der Waals surface area contributed by atoms with E-state index in [9.17, 15) is 0 Å². The maximum Gasteiger partial charge on any atom is 0.124 e. The van der Waals surface area contributed by atoms with Crippen molar-refractivity contribution in [2.45, 2.75) is 45.1 Å². The maximum absolute atomic E-state index is 2.73. The van der Waals surface area contributed by atoms with Gasteiger partial charge in [-0.25, -0.2) is 0 Å². The van der Waals surface area contributed by atoms with E-state index in [1.54, 1.807) is 0 Å². The van der Waals surface area contributed by atoms with E-state index < -0.39 is 5.54 Å². The van der Waals surface area contributed by atoms with Crippen LogP contribution < -0.4 is 4.90 Å². The predicted octanol–water partition coefficient (Wildman–Crippen LogP) is 13.6. The number of fused-ring (bicyclic) bond motifs is 3. The highest BCUT2D eigenvalue weighted by atomic mass is 15.3. The molecular formula is C52H44N. The van der Waals surface area contributed by atoms with Gasteiger partial charge in [-0.1, -0.05) is 204 Å². The molecule has 0 spiro atoms. The minimum Gasteiger partial charge on any atom is -0.336 e. The first-order chi connectivity index (χ1) is 26.0. The summed E-state index contributed by atoms with van der Waals surface area (Å²) in [4.78, 5) is 2.73. The number of benzene rings is 8. The van der Waals surface area contributed by atoms with Gasteiger partial charge in [0.25, 0.3) is 0 Å². The zero-order valence-electron chi connectivity index (χ0n) is 30.9. The first-order valence-corrected chi connectivity index (χ1v) is 19.0. The molecular weight excluding hydrogens is 639 g/mol. The Balaban J connectivity index is 1.35. The Bertz CT molecular complexity index is 2440. The van der Waals surface area contributed by atoms with E-state index >= 15 is 0 Å². The van der Waals surface area contributed by atoms with E-state index in [0.29, 0.717) is 11.8 Å². The third-order valence-corrected chi connectivity index (χ3v) is 11.3. The first-order valence-electron chi connectivity index (χ1n) is 19.0. The molecule has 0 N–H and O–H groups in total. The van der Waals surface area contributed by atoms with Crippen molar-refractivity contribution in [1.29, 1.82) is 0 Å². The van der Waals surface area contributed by atoms with Gasteiger partial charge in [0.15, 0.2) is 0 Å². The van der Waals surface area contributed by atoms with Crippen molar-refractivity contribution in [1.82, 2.24) is 0 Å². The monoisotopic (exact) mass is 682 g/mol. The molecule has 0 aromatic heterocycles. The van der Waals surface area contributed by atoms with E-state index in [0.717, 1.165) is 0 Å². The molecule has 1 radical (unpaired) electrons. The molecule has 0 fully saturated rings. The molecule has 0 atom stereocenters. The molecule has 8 aromatic carbocycles. The van der Waals surface area contributed by atoms with Crippen LogP contribution in [0.1, 0.15) is 78.5 Å². The van der Waals surface area contributed by atoms with Gasteiger partial charge in [0.1, 0.15) is 11.6 Å². The molecule has 1 nitrogen and oxygen atoms in total. The lowest BCUT2D eigenvalue weighted by molar-refractivity contribution is 0.613. The van der Waals surface area contributed by atoms with Gasteiger partial charge >= 0.3 is 0 Å². The van der Waals surface area contributed by atoms with Crippen LogP contribution in [0.2, 0.25) is 0 Å². The van der Waals surface area contributed by atoms with Crippen molar-refractivity contribution in [3.8, 4) is 11.1 Å². The minimum atomic E-state index is -0.617. The number of nitrogens with zero attached hydrogens (tertiary/aromatic N) is 1. The summed E-state index contributed by atoms with van der Waals surface area (Å²) in [6.45, 7) is 9.34. The van der Waals surface area contributed by atoms with Crippen molar-refractivity contribution in [2.24, 2.45) is 0 Å². The standard InChI is InChI=1S/C52H44N/c1-35(2)43-27-17-28-44(36(3)4)51(43)53-50(47-26-15-16-29-48(47)52(53,41-20-7-5-8-21-41)42-22-9-6-10-23-42)38-32-30-37(31-33-38)49-45-24-13-11-18-39(45)34-40-19-12-14-25-46(40)49/h5-36H,1-4H3. The van der Waals surface area contributed by atoms with Crippen molar-refractivity contribution in [3.63, 3.8) is 0 Å². The van der Waals surface area contributed by atoms with Crippen LogP contribution in [0.4, 0.5) is 5.69 Å². The normalized spacial score (nSPS) is 14.0. The van der Waals surface area contributed by atoms with Crippen LogP contribution in [-0.4, -0.2) is 0 Å². The molecule has 0 unspecified atom stereocenters. The third-order valence-electron chi connectivity index (χ3n) is 11.3. The molecule has 0 saturated carbocycles. The van der Waals surface area contributed by atoms with Gasteiger partial charge < -0.3 is 4.90 Å². The minimum absolute atomic E-state index is 0.319. The molecule has 257 valence electrons. The second-order valence-electron chi connectivity index (χ2n) is 15.0. The molecule has 9 rings (SSSR count). The summed E-state index contributed by atoms with van der Waals surface area (Å²) in [5.74, 6) is 0.639. The SMILES string of the molecule is CC(C)c1cccc(C(C)C)c1N1[C](c2ccc(-c3c4ccccc4cc4ccccc34)cc2)c2ccccc2C1(c1ccccc1)c1ccccc1. The summed E-state index contributed by atoms with van der Waals surface area (Å²) < 4.78 is 0. The number of anilines is 1. The second kappa shape index (κ2) is 13.2. The smallest absolute Gasteiger partial charge is 0.124 e. The molecule has 0 bridgehead atoms. The van der Waals surface area contributed by atoms with Crippen LogP contribution in [0.3, 0.4) is 0 Å². The third kappa shape index (κ3) is 5.21. The predicted molar refractivity (Wildman–Crippen MR) is 225 cm³/mol. The molecule has 1 aliphatic rings. The average molecular weight is 683 g/mol. The summed E-state index contributed by atoms with van der Waals surface area (Å²) in [7, 11) is 0. The van der Waals surface area contributed by atoms with E-state index in [1.807, 2.05) is 0 Å². The van der Waals surface area contributed by atoms with Crippen LogP contribution in [0.5, 0.6) is 0 Å². The maximum atomic E-state index is 2.73. The Morgan fingerprint density at radius 2 is 0.906 bits per heavy atom. The van der Waals surface area contributed by atoms with E-state index in [2.05, 4.69) is 215 Å². The van der Waals surface area contributed by atoms with Gasteiger partial charge in [-0.2, -0.15) is 0 Å². The fourth-order valence-corrected chi connectivity index (χ4v) is 8.96. The molecule has 0 aliphatic carbocycles. The van der Waals surface area contributed by atoms with Gasteiger partial charge in [-0.05, 0) is 89.5 Å². The van der Waals surface area contributed by atoms with Crippen LogP contribution in [0.25, 0.3) is 32.7 Å². The summed E-state index contributed by atoms with van der Waals surface area (Å²) in [5, 5.41) is 5.08. The lowest BCUT2D eigenvalue weighted by Gasteiger charge is -2.46. The molecule has 53 heavy (non-hydrogen) atoms. The fourth-order valence-electron chi connectivity index (χ4n) is 8.96. The summed E-state index contributed by atoms with van der Waals surface area (Å²) in [5.41, 5.74) is 12.2. The van der Waals surface area contributed by atoms with Gasteiger partial charge in [0, 0.05) is 5.69 Å². The number of hydrogen-bond donors (Lipinski definition) is 0.